The molecule has 2 N–H and O–H groups in total. The number of carbonyl (C=O) groups excluding carboxylic acids is 1. The topological polar surface area (TPSA) is 82.5 Å². The minimum absolute atomic E-state index is 0. The molecule has 0 unspecified atom stereocenters. The molecule has 7 rings (SSSR count). The second-order valence-corrected chi connectivity index (χ2v) is 11.8. The van der Waals surface area contributed by atoms with E-state index < -0.39 is 5.97 Å². The zero-order valence-corrected chi connectivity index (χ0v) is 23.2. The van der Waals surface area contributed by atoms with Crippen LogP contribution in [-0.2, 0) is 4.79 Å². The number of carboxylic acids is 1. The van der Waals surface area contributed by atoms with Gasteiger partial charge in [-0.25, -0.2) is 4.98 Å². The SMILES string of the molecule is O=C(NCC12CC3CC(CC(C3)C1)C2)c1c(Cl)ccc2nc(N3CCC(C(=O)O)CC3)ccc12.[H-].[Na+]. The summed E-state index contributed by atoms with van der Waals surface area (Å²) in [4.78, 5) is 31.6. The summed E-state index contributed by atoms with van der Waals surface area (Å²) in [6, 6.07) is 7.49. The van der Waals surface area contributed by atoms with Gasteiger partial charge < -0.3 is 16.7 Å². The molecule has 4 saturated carbocycles. The number of carboxylic acid groups (broad SMARTS) is 1. The Labute approximate surface area is 235 Å². The average molecular weight is 506 g/mol. The Kier molecular flexibility index (Phi) is 7.12. The van der Waals surface area contributed by atoms with Crippen LogP contribution in [0.2, 0.25) is 5.02 Å². The number of hydrogen-bond acceptors (Lipinski definition) is 4. The smallest absolute Gasteiger partial charge is 1.00 e. The molecule has 5 fully saturated rings. The van der Waals surface area contributed by atoms with Crippen LogP contribution in [-0.4, -0.2) is 41.6 Å². The average Bonchev–Trinajstić information content (AvgIpc) is 2.81. The minimum atomic E-state index is -0.718. The van der Waals surface area contributed by atoms with Crippen LogP contribution in [0.5, 0.6) is 0 Å². The van der Waals surface area contributed by atoms with E-state index in [0.29, 0.717) is 36.5 Å². The summed E-state index contributed by atoms with van der Waals surface area (Å²) in [7, 11) is 0. The summed E-state index contributed by atoms with van der Waals surface area (Å²) >= 11 is 6.53. The number of fused-ring (bicyclic) bond motifs is 1. The molecule has 1 aliphatic heterocycles. The molecule has 5 aliphatic rings. The Hall–Kier alpha value is -1.34. The second-order valence-electron chi connectivity index (χ2n) is 11.4. The van der Waals surface area contributed by atoms with Crippen molar-refractivity contribution in [2.45, 2.75) is 51.4 Å². The van der Waals surface area contributed by atoms with Crippen LogP contribution in [0.3, 0.4) is 0 Å². The summed E-state index contributed by atoms with van der Waals surface area (Å²) in [6.07, 6.45) is 9.18. The molecule has 182 valence electrons. The first-order valence-corrected chi connectivity index (χ1v) is 13.1. The van der Waals surface area contributed by atoms with Gasteiger partial charge in [0, 0.05) is 25.0 Å². The monoisotopic (exact) mass is 505 g/mol. The van der Waals surface area contributed by atoms with E-state index in [-0.39, 0.29) is 48.2 Å². The summed E-state index contributed by atoms with van der Waals surface area (Å²) < 4.78 is 0. The van der Waals surface area contributed by atoms with Crippen molar-refractivity contribution in [3.63, 3.8) is 0 Å². The fourth-order valence-electron chi connectivity index (χ4n) is 7.79. The normalized spacial score (nSPS) is 29.7. The molecule has 4 bridgehead atoms. The Morgan fingerprint density at radius 3 is 2.29 bits per heavy atom. The number of piperidine rings is 1. The van der Waals surface area contributed by atoms with Gasteiger partial charge in [0.15, 0.2) is 0 Å². The van der Waals surface area contributed by atoms with Gasteiger partial charge in [-0.05, 0) is 98.8 Å². The number of nitrogens with one attached hydrogen (secondary N) is 1. The maximum atomic E-state index is 13.4. The predicted octanol–water partition coefficient (Wildman–Crippen LogP) is 2.25. The number of halogens is 1. The molecule has 2 heterocycles. The number of aromatic nitrogens is 1. The van der Waals surface area contributed by atoms with E-state index in [1.54, 1.807) is 6.07 Å². The third kappa shape index (κ3) is 4.84. The van der Waals surface area contributed by atoms with E-state index in [0.717, 1.165) is 41.0 Å². The van der Waals surface area contributed by atoms with Crippen molar-refractivity contribution in [3.8, 4) is 0 Å². The number of hydrogen-bond donors (Lipinski definition) is 2. The van der Waals surface area contributed by atoms with Gasteiger partial charge in [0.1, 0.15) is 5.82 Å². The number of aliphatic carboxylic acids is 1. The Balaban J connectivity index is 0.00000152. The molecule has 35 heavy (non-hydrogen) atoms. The number of rotatable bonds is 5. The molecule has 2 aromatic rings. The summed E-state index contributed by atoms with van der Waals surface area (Å²) in [5.41, 5.74) is 1.52. The minimum Gasteiger partial charge on any atom is -1.00 e. The van der Waals surface area contributed by atoms with Gasteiger partial charge >= 0.3 is 35.5 Å². The van der Waals surface area contributed by atoms with Crippen molar-refractivity contribution >= 4 is 40.2 Å². The van der Waals surface area contributed by atoms with Crippen molar-refractivity contribution in [1.29, 1.82) is 0 Å². The van der Waals surface area contributed by atoms with Crippen LogP contribution in [0.25, 0.3) is 10.9 Å². The zero-order valence-electron chi connectivity index (χ0n) is 21.4. The van der Waals surface area contributed by atoms with E-state index >= 15 is 0 Å². The van der Waals surface area contributed by atoms with Crippen molar-refractivity contribution in [2.75, 3.05) is 24.5 Å². The van der Waals surface area contributed by atoms with Gasteiger partial charge in [0.05, 0.1) is 22.0 Å². The number of anilines is 1. The fourth-order valence-corrected chi connectivity index (χ4v) is 8.04. The number of pyridine rings is 1. The van der Waals surface area contributed by atoms with Crippen LogP contribution in [0.15, 0.2) is 24.3 Å². The molecule has 1 aromatic heterocycles. The predicted molar refractivity (Wildman–Crippen MR) is 133 cm³/mol. The van der Waals surface area contributed by atoms with Crippen LogP contribution in [0, 0.1) is 29.1 Å². The van der Waals surface area contributed by atoms with Gasteiger partial charge in [0.2, 0.25) is 0 Å². The quantitative estimate of drug-likeness (QED) is 0.609. The van der Waals surface area contributed by atoms with Crippen molar-refractivity contribution in [3.05, 3.63) is 34.9 Å². The van der Waals surface area contributed by atoms with Crippen molar-refractivity contribution in [2.24, 2.45) is 29.1 Å². The Morgan fingerprint density at radius 2 is 1.69 bits per heavy atom. The molecule has 0 spiro atoms. The number of benzene rings is 1. The standard InChI is InChI=1S/C27H32ClN3O3.Na.H/c28-21-2-3-22-20(1-4-23(30-22)31-7-5-19(6-8-31)26(33)34)24(21)25(32)29-15-27-12-16-9-17(13-27)11-18(10-16)14-27;;/h1-4,16-19H,5-15H2,(H,29,32)(H,33,34);;/q;+1;-1. The second kappa shape index (κ2) is 9.85. The molecular weight excluding hydrogens is 473 g/mol. The summed E-state index contributed by atoms with van der Waals surface area (Å²) in [5, 5.41) is 13.7. The number of carbonyl (C=O) groups is 2. The van der Waals surface area contributed by atoms with E-state index in [1.807, 2.05) is 18.2 Å². The molecule has 1 aromatic carbocycles. The Bertz CT molecular complexity index is 1120. The van der Waals surface area contributed by atoms with Gasteiger partial charge in [0.25, 0.3) is 5.91 Å². The van der Waals surface area contributed by atoms with Crippen LogP contribution < -0.4 is 39.8 Å². The van der Waals surface area contributed by atoms with Gasteiger partial charge in [-0.3, -0.25) is 9.59 Å². The van der Waals surface area contributed by atoms with E-state index in [9.17, 15) is 14.7 Å². The van der Waals surface area contributed by atoms with Gasteiger partial charge in [-0.15, -0.1) is 0 Å². The maximum absolute atomic E-state index is 13.4. The van der Waals surface area contributed by atoms with Crippen LogP contribution in [0.4, 0.5) is 5.82 Å². The van der Waals surface area contributed by atoms with E-state index in [2.05, 4.69) is 10.2 Å². The fraction of sp³-hybridized carbons (Fsp3) is 0.593. The molecule has 4 aliphatic carbocycles. The zero-order chi connectivity index (χ0) is 23.4. The number of amides is 1. The molecule has 6 nitrogen and oxygen atoms in total. The molecule has 0 atom stereocenters. The summed E-state index contributed by atoms with van der Waals surface area (Å²) in [6.45, 7) is 2.08. The van der Waals surface area contributed by atoms with Crippen molar-refractivity contribution < 1.29 is 45.7 Å². The molecule has 1 amide bonds. The number of nitrogens with zero attached hydrogens (tertiary/aromatic N) is 2. The third-order valence-corrected chi connectivity index (χ3v) is 9.30. The Morgan fingerprint density at radius 1 is 1.06 bits per heavy atom. The molecule has 0 radical (unpaired) electrons. The molecule has 8 heteroatoms. The first kappa shape index (κ1) is 25.3. The molecule has 1 saturated heterocycles. The summed E-state index contributed by atoms with van der Waals surface area (Å²) in [5.74, 6) is 2.28. The van der Waals surface area contributed by atoms with E-state index in [4.69, 9.17) is 16.6 Å². The maximum Gasteiger partial charge on any atom is 1.00 e. The van der Waals surface area contributed by atoms with Gasteiger partial charge in [-0.2, -0.15) is 0 Å². The van der Waals surface area contributed by atoms with Crippen LogP contribution in [0.1, 0.15) is 63.2 Å². The van der Waals surface area contributed by atoms with Crippen molar-refractivity contribution in [1.82, 2.24) is 10.3 Å². The van der Waals surface area contributed by atoms with E-state index in [1.165, 1.54) is 38.5 Å². The third-order valence-electron chi connectivity index (χ3n) is 8.99. The first-order valence-electron chi connectivity index (χ1n) is 12.7. The van der Waals surface area contributed by atoms with Gasteiger partial charge in [-0.1, -0.05) is 11.6 Å². The first-order chi connectivity index (χ1) is 16.4. The largest absolute Gasteiger partial charge is 1.00 e. The van der Waals surface area contributed by atoms with Crippen LogP contribution >= 0.6 is 11.6 Å². The molecular formula is C27H33ClN3NaO3.